The van der Waals surface area contributed by atoms with Gasteiger partial charge in [-0.15, -0.1) is 11.3 Å². The van der Waals surface area contributed by atoms with E-state index in [1.807, 2.05) is 0 Å². The fourth-order valence-electron chi connectivity index (χ4n) is 4.29. The fourth-order valence-corrected chi connectivity index (χ4v) is 5.19. The van der Waals surface area contributed by atoms with Crippen LogP contribution in [0.2, 0.25) is 0 Å². The number of aryl methyl sites for hydroxylation is 1. The number of rotatable bonds is 10. The molecule has 4 nitrogen and oxygen atoms in total. The van der Waals surface area contributed by atoms with Crippen LogP contribution >= 0.6 is 11.3 Å². The summed E-state index contributed by atoms with van der Waals surface area (Å²) < 4.78 is 27.3. The van der Waals surface area contributed by atoms with Crippen LogP contribution in [-0.2, 0) is 24.2 Å². The van der Waals surface area contributed by atoms with Crippen molar-refractivity contribution in [1.29, 1.82) is 0 Å². The van der Waals surface area contributed by atoms with Gasteiger partial charge in [0.2, 0.25) is 5.91 Å². The first-order valence-electron chi connectivity index (χ1n) is 12.2. The number of halogens is 2. The third-order valence-corrected chi connectivity index (χ3v) is 6.94. The second kappa shape index (κ2) is 12.1. The summed E-state index contributed by atoms with van der Waals surface area (Å²) in [4.78, 5) is 13.0. The Labute approximate surface area is 216 Å². The lowest BCUT2D eigenvalue weighted by molar-refractivity contribution is -0.120. The minimum Gasteiger partial charge on any atom is -0.390 e. The van der Waals surface area contributed by atoms with Gasteiger partial charge < -0.3 is 15.7 Å². The Morgan fingerprint density at radius 1 is 1.06 bits per heavy atom. The average Bonchev–Trinajstić information content (AvgIpc) is 3.18. The second-order valence-electron chi connectivity index (χ2n) is 10.7. The van der Waals surface area contributed by atoms with Crippen LogP contribution in [-0.4, -0.2) is 29.7 Å². The maximum absolute atomic E-state index is 13.6. The van der Waals surface area contributed by atoms with Crippen LogP contribution in [0.3, 0.4) is 0 Å². The van der Waals surface area contributed by atoms with E-state index in [1.54, 1.807) is 11.3 Å². The van der Waals surface area contributed by atoms with Crippen LogP contribution in [0.15, 0.2) is 47.8 Å². The molecule has 3 N–H and O–H groups in total. The van der Waals surface area contributed by atoms with Crippen molar-refractivity contribution in [2.45, 2.75) is 66.2 Å². The Morgan fingerprint density at radius 2 is 1.75 bits per heavy atom. The van der Waals surface area contributed by atoms with Gasteiger partial charge in [0.25, 0.3) is 0 Å². The van der Waals surface area contributed by atoms with Crippen LogP contribution in [0.1, 0.15) is 49.9 Å². The molecule has 0 saturated heterocycles. The lowest BCUT2D eigenvalue weighted by Crippen LogP contribution is -2.48. The fraction of sp³-hybridized carbons (Fsp3) is 0.414. The summed E-state index contributed by atoms with van der Waals surface area (Å²) in [6, 6.07) is 11.3. The number of carbonyl (C=O) groups excluding carboxylic acids is 1. The summed E-state index contributed by atoms with van der Waals surface area (Å²) in [6.45, 7) is 10.8. The molecular formula is C29H36F2N2O2S. The van der Waals surface area contributed by atoms with E-state index in [9.17, 15) is 18.7 Å². The van der Waals surface area contributed by atoms with Crippen LogP contribution in [0.5, 0.6) is 0 Å². The number of carbonyl (C=O) groups is 1. The first-order chi connectivity index (χ1) is 16.9. The third kappa shape index (κ3) is 8.50. The maximum atomic E-state index is 13.6. The first-order valence-corrected chi connectivity index (χ1v) is 13.1. The zero-order valence-electron chi connectivity index (χ0n) is 21.6. The minimum absolute atomic E-state index is 0.111. The number of aliphatic hydroxyl groups excluding tert-OH is 1. The van der Waals surface area contributed by atoms with Crippen molar-refractivity contribution in [3.8, 4) is 10.4 Å². The number of thiophene rings is 1. The normalized spacial score (nSPS) is 13.4. The number of aliphatic hydroxyl groups is 1. The molecule has 36 heavy (non-hydrogen) atoms. The molecule has 0 aliphatic carbocycles. The van der Waals surface area contributed by atoms with E-state index < -0.39 is 23.8 Å². The number of hydrogen-bond acceptors (Lipinski definition) is 4. The van der Waals surface area contributed by atoms with Crippen molar-refractivity contribution in [3.63, 3.8) is 0 Å². The maximum Gasteiger partial charge on any atom is 0.217 e. The van der Waals surface area contributed by atoms with Gasteiger partial charge in [0.15, 0.2) is 0 Å². The molecule has 0 saturated carbocycles. The summed E-state index contributed by atoms with van der Waals surface area (Å²) in [5.41, 5.74) is 5.29. The standard InChI is InChI=1S/C29H36F2N2O2S/c1-18-8-28(36-17-18)21-6-7-22(14-29(3,4)5)23(12-21)15-32-16-27(35)26(33-19(2)34)11-20-9-24(30)13-25(31)10-20/h6-10,12-13,17,26-27,32,35H,11,14-16H2,1-5H3,(H,33,34). The zero-order valence-corrected chi connectivity index (χ0v) is 22.4. The minimum atomic E-state index is -0.950. The molecular weight excluding hydrogens is 478 g/mol. The van der Waals surface area contributed by atoms with Crippen molar-refractivity contribution >= 4 is 17.2 Å². The summed E-state index contributed by atoms with van der Waals surface area (Å²) in [5.74, 6) is -1.69. The Balaban J connectivity index is 1.73. The van der Waals surface area contributed by atoms with Crippen molar-refractivity contribution in [3.05, 3.63) is 81.7 Å². The van der Waals surface area contributed by atoms with Gasteiger partial charge in [-0.1, -0.05) is 32.9 Å². The molecule has 1 heterocycles. The van der Waals surface area contributed by atoms with Gasteiger partial charge >= 0.3 is 0 Å². The van der Waals surface area contributed by atoms with E-state index in [-0.39, 0.29) is 24.3 Å². The highest BCUT2D eigenvalue weighted by Crippen LogP contribution is 2.31. The molecule has 2 atom stereocenters. The molecule has 3 aromatic rings. The predicted molar refractivity (Wildman–Crippen MR) is 143 cm³/mol. The summed E-state index contributed by atoms with van der Waals surface area (Å²) in [6.07, 6.45) is 0.0738. The van der Waals surface area contributed by atoms with Crippen LogP contribution in [0, 0.1) is 24.0 Å². The molecule has 3 rings (SSSR count). The molecule has 2 unspecified atom stereocenters. The Bertz CT molecular complexity index is 1170. The second-order valence-corrected chi connectivity index (χ2v) is 11.6. The molecule has 7 heteroatoms. The predicted octanol–water partition coefficient (Wildman–Crippen LogP) is 5.79. The largest absolute Gasteiger partial charge is 0.390 e. The Kier molecular flexibility index (Phi) is 9.39. The molecule has 0 aliphatic heterocycles. The molecule has 2 aromatic carbocycles. The number of amides is 1. The monoisotopic (exact) mass is 514 g/mol. The Hall–Kier alpha value is -2.61. The third-order valence-electron chi connectivity index (χ3n) is 5.84. The molecule has 0 fully saturated rings. The molecule has 0 radical (unpaired) electrons. The zero-order chi connectivity index (χ0) is 26.5. The highest BCUT2D eigenvalue weighted by molar-refractivity contribution is 7.13. The lowest BCUT2D eigenvalue weighted by Gasteiger charge is -2.25. The lowest BCUT2D eigenvalue weighted by atomic mass is 9.85. The van der Waals surface area contributed by atoms with Gasteiger partial charge in [-0.3, -0.25) is 4.79 Å². The van der Waals surface area contributed by atoms with Gasteiger partial charge in [-0.25, -0.2) is 8.78 Å². The molecule has 0 bridgehead atoms. The highest BCUT2D eigenvalue weighted by atomic mass is 32.1. The summed E-state index contributed by atoms with van der Waals surface area (Å²) in [5, 5.41) is 19.0. The Morgan fingerprint density at radius 3 is 2.33 bits per heavy atom. The number of nitrogens with one attached hydrogen (secondary N) is 2. The molecule has 194 valence electrons. The van der Waals surface area contributed by atoms with E-state index in [1.165, 1.54) is 35.1 Å². The van der Waals surface area contributed by atoms with Gasteiger partial charge in [-0.05, 0) is 82.6 Å². The van der Waals surface area contributed by atoms with Gasteiger partial charge in [0.05, 0.1) is 12.1 Å². The molecule has 0 aliphatic rings. The van der Waals surface area contributed by atoms with Crippen molar-refractivity contribution in [2.75, 3.05) is 6.54 Å². The van der Waals surface area contributed by atoms with E-state index in [4.69, 9.17) is 0 Å². The topological polar surface area (TPSA) is 61.4 Å². The van der Waals surface area contributed by atoms with Crippen molar-refractivity contribution in [2.24, 2.45) is 5.41 Å². The smallest absolute Gasteiger partial charge is 0.217 e. The summed E-state index contributed by atoms with van der Waals surface area (Å²) in [7, 11) is 0. The van der Waals surface area contributed by atoms with E-state index in [0.717, 1.165) is 23.6 Å². The SMILES string of the molecule is CC(=O)NC(Cc1cc(F)cc(F)c1)C(O)CNCc1cc(-c2cc(C)cs2)ccc1CC(C)(C)C. The van der Waals surface area contributed by atoms with Crippen LogP contribution < -0.4 is 10.6 Å². The first kappa shape index (κ1) is 28.0. The number of hydrogen-bond donors (Lipinski definition) is 3. The van der Waals surface area contributed by atoms with E-state index >= 15 is 0 Å². The van der Waals surface area contributed by atoms with E-state index in [2.05, 4.69) is 68.0 Å². The van der Waals surface area contributed by atoms with Gasteiger partial charge in [0.1, 0.15) is 11.6 Å². The van der Waals surface area contributed by atoms with Gasteiger partial charge in [-0.2, -0.15) is 0 Å². The van der Waals surface area contributed by atoms with E-state index in [0.29, 0.717) is 12.1 Å². The molecule has 0 spiro atoms. The quantitative estimate of drug-likeness (QED) is 0.321. The van der Waals surface area contributed by atoms with Crippen LogP contribution in [0.4, 0.5) is 8.78 Å². The van der Waals surface area contributed by atoms with Crippen molar-refractivity contribution in [1.82, 2.24) is 10.6 Å². The molecule has 1 amide bonds. The average molecular weight is 515 g/mol. The highest BCUT2D eigenvalue weighted by Gasteiger charge is 2.22. The van der Waals surface area contributed by atoms with Crippen LogP contribution in [0.25, 0.3) is 10.4 Å². The van der Waals surface area contributed by atoms with Gasteiger partial charge in [0, 0.05) is 31.0 Å². The van der Waals surface area contributed by atoms with Crippen molar-refractivity contribution < 1.29 is 18.7 Å². The summed E-state index contributed by atoms with van der Waals surface area (Å²) >= 11 is 1.72. The number of benzene rings is 2. The molecule has 1 aromatic heterocycles.